The lowest BCUT2D eigenvalue weighted by Crippen LogP contribution is -2.29. The minimum absolute atomic E-state index is 0.0189. The number of primary amides is 1. The van der Waals surface area contributed by atoms with Crippen molar-refractivity contribution in [3.8, 4) is 0 Å². The van der Waals surface area contributed by atoms with Gasteiger partial charge in [-0.05, 0) is 25.7 Å². The lowest BCUT2D eigenvalue weighted by Gasteiger charge is -2.07. The van der Waals surface area contributed by atoms with E-state index in [4.69, 9.17) is 10.5 Å². The molecule has 17 heavy (non-hydrogen) atoms. The largest absolute Gasteiger partial charge is 0.370 e. The molecule has 0 radical (unpaired) electrons. The van der Waals surface area contributed by atoms with Crippen molar-refractivity contribution in [3.63, 3.8) is 0 Å². The van der Waals surface area contributed by atoms with E-state index in [1.807, 2.05) is 6.08 Å². The number of hydrogen-bond acceptors (Lipinski definition) is 3. The lowest BCUT2D eigenvalue weighted by atomic mass is 10.1. The zero-order valence-electron chi connectivity index (χ0n) is 10.0. The molecule has 0 aromatic carbocycles. The summed E-state index contributed by atoms with van der Waals surface area (Å²) in [6, 6.07) is 0. The fraction of sp³-hybridized carbons (Fsp3) is 0.667. The molecule has 96 valence electrons. The van der Waals surface area contributed by atoms with Crippen LogP contribution in [0, 0.1) is 0 Å². The molecule has 0 heterocycles. The highest BCUT2D eigenvalue weighted by Crippen LogP contribution is 2.16. The van der Waals surface area contributed by atoms with Crippen LogP contribution in [0.15, 0.2) is 11.6 Å². The summed E-state index contributed by atoms with van der Waals surface area (Å²) >= 11 is 0. The van der Waals surface area contributed by atoms with Gasteiger partial charge >= 0.3 is 0 Å². The van der Waals surface area contributed by atoms with Gasteiger partial charge in [0, 0.05) is 12.1 Å². The van der Waals surface area contributed by atoms with E-state index in [-0.39, 0.29) is 12.5 Å². The molecule has 0 bridgehead atoms. The maximum atomic E-state index is 11.7. The van der Waals surface area contributed by atoms with Crippen molar-refractivity contribution < 1.29 is 14.3 Å². The molecule has 0 aromatic heterocycles. The fourth-order valence-corrected chi connectivity index (χ4v) is 1.74. The number of carbonyl (C=O) groups is 2. The fourth-order valence-electron chi connectivity index (χ4n) is 1.74. The number of hydrogen-bond donors (Lipinski definition) is 2. The molecule has 0 atom stereocenters. The van der Waals surface area contributed by atoms with Gasteiger partial charge in [-0.3, -0.25) is 9.59 Å². The molecule has 0 fully saturated rings. The Labute approximate surface area is 101 Å². The summed E-state index contributed by atoms with van der Waals surface area (Å²) < 4.78 is 4.95. The molecule has 0 unspecified atom stereocenters. The van der Waals surface area contributed by atoms with Crippen LogP contribution in [-0.4, -0.2) is 31.6 Å². The molecule has 0 saturated heterocycles. The van der Waals surface area contributed by atoms with E-state index >= 15 is 0 Å². The Kier molecular flexibility index (Phi) is 6.32. The highest BCUT2D eigenvalue weighted by atomic mass is 16.5. The predicted octanol–water partition coefficient (Wildman–Crippen LogP) is 0.495. The van der Waals surface area contributed by atoms with E-state index < -0.39 is 5.91 Å². The molecule has 0 saturated carbocycles. The van der Waals surface area contributed by atoms with Crippen molar-refractivity contribution in [3.05, 3.63) is 11.6 Å². The highest BCUT2D eigenvalue weighted by molar-refractivity contribution is 5.93. The minimum Gasteiger partial charge on any atom is -0.370 e. The van der Waals surface area contributed by atoms with Crippen LogP contribution in [-0.2, 0) is 14.3 Å². The van der Waals surface area contributed by atoms with Crippen molar-refractivity contribution >= 4 is 11.8 Å². The second kappa shape index (κ2) is 7.84. The number of nitrogens with two attached hydrogens (primary N) is 1. The van der Waals surface area contributed by atoms with Crippen LogP contribution < -0.4 is 11.1 Å². The number of allylic oxidation sites excluding steroid dienone is 1. The first kappa shape index (κ1) is 13.7. The third-order valence-electron chi connectivity index (χ3n) is 2.61. The summed E-state index contributed by atoms with van der Waals surface area (Å²) in [4.78, 5) is 22.1. The number of carbonyl (C=O) groups excluding carboxylic acids is 2. The van der Waals surface area contributed by atoms with Gasteiger partial charge in [0.2, 0.25) is 11.8 Å². The first-order valence-corrected chi connectivity index (χ1v) is 6.03. The van der Waals surface area contributed by atoms with Crippen molar-refractivity contribution in [2.24, 2.45) is 5.73 Å². The summed E-state index contributed by atoms with van der Waals surface area (Å²) in [5, 5.41) is 2.77. The molecular formula is C12H20N2O3. The summed E-state index contributed by atoms with van der Waals surface area (Å²) in [5.74, 6) is -0.516. The number of rotatable bonds is 6. The van der Waals surface area contributed by atoms with Crippen LogP contribution in [0.25, 0.3) is 0 Å². The molecule has 0 spiro atoms. The monoisotopic (exact) mass is 240 g/mol. The molecule has 1 rings (SSSR count). The summed E-state index contributed by atoms with van der Waals surface area (Å²) in [6.45, 7) is 0.615. The van der Waals surface area contributed by atoms with Crippen LogP contribution in [0.4, 0.5) is 0 Å². The highest BCUT2D eigenvalue weighted by Gasteiger charge is 2.10. The first-order chi connectivity index (χ1) is 8.20. The van der Waals surface area contributed by atoms with Gasteiger partial charge in [-0.2, -0.15) is 0 Å². The molecular weight excluding hydrogens is 220 g/mol. The van der Waals surface area contributed by atoms with E-state index in [9.17, 15) is 9.59 Å². The Morgan fingerprint density at radius 3 is 2.94 bits per heavy atom. The summed E-state index contributed by atoms with van der Waals surface area (Å²) in [7, 11) is 0. The maximum Gasteiger partial charge on any atom is 0.246 e. The molecule has 5 heteroatoms. The Morgan fingerprint density at radius 2 is 2.18 bits per heavy atom. The first-order valence-electron chi connectivity index (χ1n) is 6.03. The molecule has 1 aliphatic rings. The smallest absolute Gasteiger partial charge is 0.246 e. The van der Waals surface area contributed by atoms with Crippen molar-refractivity contribution in [1.29, 1.82) is 0 Å². The quantitative estimate of drug-likeness (QED) is 0.663. The van der Waals surface area contributed by atoms with Gasteiger partial charge in [-0.1, -0.05) is 12.5 Å². The van der Waals surface area contributed by atoms with Crippen LogP contribution in [0.2, 0.25) is 0 Å². The Hall–Kier alpha value is -1.36. The Balaban J connectivity index is 2.15. The van der Waals surface area contributed by atoms with Crippen molar-refractivity contribution in [1.82, 2.24) is 5.32 Å². The number of amides is 2. The molecule has 2 amide bonds. The van der Waals surface area contributed by atoms with Gasteiger partial charge in [-0.25, -0.2) is 0 Å². The molecule has 5 nitrogen and oxygen atoms in total. The number of ether oxygens (including phenoxy) is 1. The minimum atomic E-state index is -0.497. The third kappa shape index (κ3) is 6.06. The van der Waals surface area contributed by atoms with Gasteiger partial charge in [0.25, 0.3) is 0 Å². The SMILES string of the molecule is NC(=O)COCCNC(=O)C1=CCCCCC1. The molecule has 0 aliphatic heterocycles. The van der Waals surface area contributed by atoms with Crippen LogP contribution >= 0.6 is 0 Å². The van der Waals surface area contributed by atoms with Crippen LogP contribution in [0.5, 0.6) is 0 Å². The second-order valence-electron chi connectivity index (χ2n) is 4.10. The zero-order valence-corrected chi connectivity index (χ0v) is 10.0. The predicted molar refractivity (Wildman–Crippen MR) is 64.2 cm³/mol. The average Bonchev–Trinajstić information content (AvgIpc) is 2.56. The zero-order chi connectivity index (χ0) is 12.5. The van der Waals surface area contributed by atoms with Crippen molar-refractivity contribution in [2.75, 3.05) is 19.8 Å². The van der Waals surface area contributed by atoms with Gasteiger partial charge in [0.1, 0.15) is 6.61 Å². The Bertz CT molecular complexity index is 300. The van der Waals surface area contributed by atoms with Crippen LogP contribution in [0.3, 0.4) is 0 Å². The second-order valence-corrected chi connectivity index (χ2v) is 4.10. The summed E-state index contributed by atoms with van der Waals surface area (Å²) in [5.41, 5.74) is 5.78. The van der Waals surface area contributed by atoms with Crippen molar-refractivity contribution in [2.45, 2.75) is 32.1 Å². The van der Waals surface area contributed by atoms with E-state index in [0.717, 1.165) is 24.8 Å². The van der Waals surface area contributed by atoms with E-state index in [0.29, 0.717) is 13.2 Å². The maximum absolute atomic E-state index is 11.7. The van der Waals surface area contributed by atoms with E-state index in [1.54, 1.807) is 0 Å². The topological polar surface area (TPSA) is 81.4 Å². The van der Waals surface area contributed by atoms with Gasteiger partial charge in [0.15, 0.2) is 0 Å². The third-order valence-corrected chi connectivity index (χ3v) is 2.61. The van der Waals surface area contributed by atoms with Gasteiger partial charge in [0.05, 0.1) is 6.61 Å². The molecule has 1 aliphatic carbocycles. The van der Waals surface area contributed by atoms with Gasteiger partial charge in [-0.15, -0.1) is 0 Å². The number of nitrogens with one attached hydrogen (secondary N) is 1. The lowest BCUT2D eigenvalue weighted by molar-refractivity contribution is -0.122. The van der Waals surface area contributed by atoms with E-state index in [2.05, 4.69) is 5.32 Å². The average molecular weight is 240 g/mol. The normalized spacial score (nSPS) is 15.9. The summed E-state index contributed by atoms with van der Waals surface area (Å²) in [6.07, 6.45) is 7.30. The molecule has 0 aromatic rings. The Morgan fingerprint density at radius 1 is 1.35 bits per heavy atom. The standard InChI is InChI=1S/C12H20N2O3/c13-11(15)9-17-8-7-14-12(16)10-5-3-1-2-4-6-10/h5H,1-4,6-9H2,(H2,13,15)(H,14,16). The van der Waals surface area contributed by atoms with Gasteiger partial charge < -0.3 is 15.8 Å². The van der Waals surface area contributed by atoms with Crippen LogP contribution in [0.1, 0.15) is 32.1 Å². The molecule has 3 N–H and O–H groups in total. The van der Waals surface area contributed by atoms with E-state index in [1.165, 1.54) is 12.8 Å².